The van der Waals surface area contributed by atoms with Crippen LogP contribution in [-0.4, -0.2) is 48.6 Å². The average Bonchev–Trinajstić information content (AvgIpc) is 2.35. The Morgan fingerprint density at radius 3 is 2.18 bits per heavy atom. The van der Waals surface area contributed by atoms with E-state index in [4.69, 9.17) is 0 Å². The monoisotopic (exact) mass is 240 g/mol. The van der Waals surface area contributed by atoms with Crippen LogP contribution < -0.4 is 0 Å². The molecular weight excluding hydrogens is 208 g/mol. The van der Waals surface area contributed by atoms with Gasteiger partial charge in [-0.2, -0.15) is 0 Å². The van der Waals surface area contributed by atoms with E-state index in [1.54, 1.807) is 0 Å². The molecule has 0 aromatic rings. The first-order valence-corrected chi connectivity index (χ1v) is 7.67. The Bertz CT molecular complexity index is 189. The van der Waals surface area contributed by atoms with Crippen molar-refractivity contribution in [2.24, 2.45) is 5.92 Å². The van der Waals surface area contributed by atoms with Crippen molar-refractivity contribution in [1.82, 2.24) is 9.80 Å². The fourth-order valence-corrected chi connectivity index (χ4v) is 3.14. The van der Waals surface area contributed by atoms with E-state index in [9.17, 15) is 0 Å². The zero-order chi connectivity index (χ0) is 12.7. The molecule has 2 atom stereocenters. The highest BCUT2D eigenvalue weighted by Crippen LogP contribution is 2.27. The first-order valence-electron chi connectivity index (χ1n) is 7.67. The minimum Gasteiger partial charge on any atom is -0.303 e. The lowest BCUT2D eigenvalue weighted by molar-refractivity contribution is 0.124. The average molecular weight is 240 g/mol. The van der Waals surface area contributed by atoms with Gasteiger partial charge in [0, 0.05) is 19.1 Å². The third kappa shape index (κ3) is 4.97. The van der Waals surface area contributed by atoms with E-state index in [2.05, 4.69) is 37.5 Å². The molecule has 1 saturated carbocycles. The van der Waals surface area contributed by atoms with Gasteiger partial charge in [0.2, 0.25) is 0 Å². The molecule has 0 heterocycles. The molecule has 102 valence electrons. The maximum absolute atomic E-state index is 2.72. The first kappa shape index (κ1) is 15.0. The summed E-state index contributed by atoms with van der Waals surface area (Å²) in [6, 6.07) is 0.860. The van der Waals surface area contributed by atoms with E-state index in [1.807, 2.05) is 0 Å². The van der Waals surface area contributed by atoms with Crippen LogP contribution in [0, 0.1) is 5.92 Å². The fraction of sp³-hybridized carbons (Fsp3) is 1.00. The van der Waals surface area contributed by atoms with E-state index in [1.165, 1.54) is 58.4 Å². The fourth-order valence-electron chi connectivity index (χ4n) is 3.14. The predicted molar refractivity (Wildman–Crippen MR) is 76.5 cm³/mol. The lowest BCUT2D eigenvalue weighted by Crippen LogP contribution is -2.43. The van der Waals surface area contributed by atoms with Crippen molar-refractivity contribution in [3.05, 3.63) is 0 Å². The molecule has 17 heavy (non-hydrogen) atoms. The number of hydrogen-bond donors (Lipinski definition) is 0. The normalized spacial score (nSPS) is 25.8. The first-order chi connectivity index (χ1) is 8.21. The van der Waals surface area contributed by atoms with Crippen LogP contribution in [0.1, 0.15) is 53.4 Å². The lowest BCUT2D eigenvalue weighted by atomic mass is 9.86. The Balaban J connectivity index is 2.36. The molecule has 2 heteroatoms. The Morgan fingerprint density at radius 2 is 1.65 bits per heavy atom. The summed E-state index contributed by atoms with van der Waals surface area (Å²) in [6.45, 7) is 15.4. The van der Waals surface area contributed by atoms with Crippen molar-refractivity contribution in [2.45, 2.75) is 59.4 Å². The highest BCUT2D eigenvalue weighted by atomic mass is 15.2. The van der Waals surface area contributed by atoms with Gasteiger partial charge in [0.15, 0.2) is 0 Å². The second-order valence-corrected chi connectivity index (χ2v) is 5.58. The van der Waals surface area contributed by atoms with Crippen molar-refractivity contribution >= 4 is 0 Å². The van der Waals surface area contributed by atoms with E-state index >= 15 is 0 Å². The molecule has 0 unspecified atom stereocenters. The minimum absolute atomic E-state index is 0.860. The molecule has 0 N–H and O–H groups in total. The van der Waals surface area contributed by atoms with Gasteiger partial charge in [0.05, 0.1) is 0 Å². The van der Waals surface area contributed by atoms with Crippen molar-refractivity contribution in [1.29, 1.82) is 0 Å². The van der Waals surface area contributed by atoms with Gasteiger partial charge >= 0.3 is 0 Å². The Labute approximate surface area is 108 Å². The van der Waals surface area contributed by atoms with E-state index in [-0.39, 0.29) is 0 Å². The Morgan fingerprint density at radius 1 is 0.941 bits per heavy atom. The topological polar surface area (TPSA) is 6.48 Å². The molecule has 1 fully saturated rings. The summed E-state index contributed by atoms with van der Waals surface area (Å²) < 4.78 is 0. The maximum Gasteiger partial charge on any atom is 0.0112 e. The van der Waals surface area contributed by atoms with Crippen LogP contribution in [0.2, 0.25) is 0 Å². The lowest BCUT2D eigenvalue weighted by Gasteiger charge is -2.37. The van der Waals surface area contributed by atoms with Crippen LogP contribution in [0.25, 0.3) is 0 Å². The smallest absolute Gasteiger partial charge is 0.0112 e. The van der Waals surface area contributed by atoms with Gasteiger partial charge < -0.3 is 4.90 Å². The standard InChI is InChI=1S/C15H32N2/c1-5-16(6-2)11-12-17(7-3)15-10-8-9-14(4)13-15/h14-15H,5-13H2,1-4H3/t14-,15-/m0/s1. The molecule has 1 rings (SSSR count). The molecule has 1 aliphatic rings. The Kier molecular flexibility index (Phi) is 7.14. The van der Waals surface area contributed by atoms with Gasteiger partial charge in [0.1, 0.15) is 0 Å². The van der Waals surface area contributed by atoms with Crippen LogP contribution in [-0.2, 0) is 0 Å². The van der Waals surface area contributed by atoms with E-state index in [0.717, 1.165) is 12.0 Å². The quantitative estimate of drug-likeness (QED) is 0.674. The van der Waals surface area contributed by atoms with Crippen LogP contribution in [0.15, 0.2) is 0 Å². The molecule has 0 amide bonds. The Hall–Kier alpha value is -0.0800. The molecule has 0 aromatic heterocycles. The molecular formula is C15H32N2. The molecule has 2 nitrogen and oxygen atoms in total. The SMILES string of the molecule is CCN(CC)CCN(CC)[C@H]1CCC[C@H](C)C1. The number of hydrogen-bond acceptors (Lipinski definition) is 2. The van der Waals surface area contributed by atoms with Crippen LogP contribution in [0.3, 0.4) is 0 Å². The summed E-state index contributed by atoms with van der Waals surface area (Å²) in [4.78, 5) is 5.25. The highest BCUT2D eigenvalue weighted by Gasteiger charge is 2.23. The summed E-state index contributed by atoms with van der Waals surface area (Å²) in [6.07, 6.45) is 5.74. The van der Waals surface area contributed by atoms with Crippen molar-refractivity contribution < 1.29 is 0 Å². The summed E-state index contributed by atoms with van der Waals surface area (Å²) in [5.41, 5.74) is 0. The van der Waals surface area contributed by atoms with Crippen LogP contribution >= 0.6 is 0 Å². The molecule has 0 spiro atoms. The predicted octanol–water partition coefficient (Wildman–Crippen LogP) is 3.23. The molecule has 0 bridgehead atoms. The van der Waals surface area contributed by atoms with Gasteiger partial charge in [-0.1, -0.05) is 40.5 Å². The van der Waals surface area contributed by atoms with Gasteiger partial charge in [-0.05, 0) is 38.4 Å². The summed E-state index contributed by atoms with van der Waals surface area (Å²) in [5, 5.41) is 0. The zero-order valence-electron chi connectivity index (χ0n) is 12.4. The summed E-state index contributed by atoms with van der Waals surface area (Å²) in [5.74, 6) is 0.941. The molecule has 0 aliphatic heterocycles. The molecule has 0 saturated heterocycles. The largest absolute Gasteiger partial charge is 0.303 e. The van der Waals surface area contributed by atoms with Crippen molar-refractivity contribution in [2.75, 3.05) is 32.7 Å². The van der Waals surface area contributed by atoms with Crippen molar-refractivity contribution in [3.63, 3.8) is 0 Å². The second-order valence-electron chi connectivity index (χ2n) is 5.58. The van der Waals surface area contributed by atoms with Gasteiger partial charge in [-0.25, -0.2) is 0 Å². The minimum atomic E-state index is 0.860. The number of likely N-dealkylation sites (N-methyl/N-ethyl adjacent to an activating group) is 2. The van der Waals surface area contributed by atoms with Gasteiger partial charge in [0.25, 0.3) is 0 Å². The third-order valence-electron chi connectivity index (χ3n) is 4.43. The maximum atomic E-state index is 2.72. The van der Waals surface area contributed by atoms with E-state index < -0.39 is 0 Å². The van der Waals surface area contributed by atoms with Crippen LogP contribution in [0.5, 0.6) is 0 Å². The number of nitrogens with zero attached hydrogens (tertiary/aromatic N) is 2. The third-order valence-corrected chi connectivity index (χ3v) is 4.43. The zero-order valence-corrected chi connectivity index (χ0v) is 12.4. The van der Waals surface area contributed by atoms with Gasteiger partial charge in [-0.15, -0.1) is 0 Å². The van der Waals surface area contributed by atoms with E-state index in [0.29, 0.717) is 0 Å². The summed E-state index contributed by atoms with van der Waals surface area (Å²) >= 11 is 0. The summed E-state index contributed by atoms with van der Waals surface area (Å²) in [7, 11) is 0. The second kappa shape index (κ2) is 8.10. The van der Waals surface area contributed by atoms with Gasteiger partial charge in [-0.3, -0.25) is 4.90 Å². The highest BCUT2D eigenvalue weighted by molar-refractivity contribution is 4.78. The van der Waals surface area contributed by atoms with Crippen LogP contribution in [0.4, 0.5) is 0 Å². The number of rotatable bonds is 7. The molecule has 0 aromatic carbocycles. The molecule has 0 radical (unpaired) electrons. The molecule has 1 aliphatic carbocycles. The van der Waals surface area contributed by atoms with Crippen molar-refractivity contribution in [3.8, 4) is 0 Å².